The average molecular weight is 635 g/mol. The quantitative estimate of drug-likeness (QED) is 0.302. The van der Waals surface area contributed by atoms with Crippen molar-refractivity contribution in [2.45, 2.75) is 38.8 Å². The van der Waals surface area contributed by atoms with Gasteiger partial charge in [0.2, 0.25) is 5.95 Å². The molecule has 0 saturated carbocycles. The maximum absolute atomic E-state index is 12.2. The molecule has 4 aromatic rings. The summed E-state index contributed by atoms with van der Waals surface area (Å²) < 4.78 is 18.3. The van der Waals surface area contributed by atoms with E-state index in [9.17, 15) is 4.79 Å². The number of imidazole rings is 1. The van der Waals surface area contributed by atoms with Crippen LogP contribution in [0.2, 0.25) is 5.02 Å². The van der Waals surface area contributed by atoms with Crippen LogP contribution in [-0.2, 0) is 4.74 Å². The number of pyridine rings is 1. The number of carbonyl (C=O) groups excluding carboxylic acids is 1. The Balaban J connectivity index is 1.09. The lowest BCUT2D eigenvalue weighted by Gasteiger charge is -2.36. The fourth-order valence-electron chi connectivity index (χ4n) is 5.75. The molecule has 1 N–H and O–H groups in total. The number of nitrogens with zero attached hydrogens (tertiary/aromatic N) is 7. The second kappa shape index (κ2) is 12.5. The first-order chi connectivity index (χ1) is 21.6. The molecule has 13 heteroatoms. The van der Waals surface area contributed by atoms with Gasteiger partial charge in [0.05, 0.1) is 31.0 Å². The third-order valence-corrected chi connectivity index (χ3v) is 8.28. The Hall–Kier alpha value is -4.45. The van der Waals surface area contributed by atoms with Crippen LogP contribution in [0.25, 0.3) is 16.9 Å². The molecule has 45 heavy (non-hydrogen) atoms. The minimum atomic E-state index is -0.523. The molecule has 0 radical (unpaired) electrons. The van der Waals surface area contributed by atoms with Crippen LogP contribution in [0.15, 0.2) is 48.9 Å². The molecule has 2 fully saturated rings. The molecule has 1 aromatic carbocycles. The number of anilines is 3. The summed E-state index contributed by atoms with van der Waals surface area (Å²) in [6, 6.07) is 9.75. The first-order valence-corrected chi connectivity index (χ1v) is 15.5. The topological polar surface area (TPSA) is 110 Å². The van der Waals surface area contributed by atoms with Gasteiger partial charge in [0.1, 0.15) is 28.6 Å². The molecule has 6 rings (SSSR count). The second-order valence-corrected chi connectivity index (χ2v) is 12.6. The minimum Gasteiger partial charge on any atom is -0.496 e. The van der Waals surface area contributed by atoms with Gasteiger partial charge in [-0.2, -0.15) is 4.98 Å². The summed E-state index contributed by atoms with van der Waals surface area (Å²) >= 11 is 6.42. The number of piperazine rings is 1. The van der Waals surface area contributed by atoms with Gasteiger partial charge >= 0.3 is 6.09 Å². The smallest absolute Gasteiger partial charge is 0.407 e. The zero-order valence-electron chi connectivity index (χ0n) is 26.3. The lowest BCUT2D eigenvalue weighted by molar-refractivity contribution is 0.0509. The monoisotopic (exact) mass is 634 g/mol. The zero-order valence-corrected chi connectivity index (χ0v) is 27.0. The van der Waals surface area contributed by atoms with E-state index in [0.717, 1.165) is 73.5 Å². The molecule has 2 aliphatic rings. The van der Waals surface area contributed by atoms with Crippen molar-refractivity contribution in [2.75, 3.05) is 68.2 Å². The summed E-state index contributed by atoms with van der Waals surface area (Å²) in [7, 11) is 3.20. The van der Waals surface area contributed by atoms with Crippen LogP contribution >= 0.6 is 11.6 Å². The number of rotatable bonds is 7. The van der Waals surface area contributed by atoms with E-state index in [0.29, 0.717) is 23.1 Å². The summed E-state index contributed by atoms with van der Waals surface area (Å²) in [4.78, 5) is 33.3. The number of ether oxygens (including phenoxy) is 3. The normalized spacial score (nSPS) is 17.1. The molecule has 0 bridgehead atoms. The Morgan fingerprint density at radius 2 is 1.71 bits per heavy atom. The molecule has 12 nitrogen and oxygen atoms in total. The standard InChI is InChI=1S/C32H39ClN8O4/c1-32(2,3)45-31(42)35-21-7-10-40(19-21)28-6-9-34-30(37-28)39-14-12-38(13-15-39)22-8-11-41-20-25(36-29(41)16-22)23-17-24(33)27(44-5)18-26(23)43-4/h6,8-9,11,16-18,20-21H,7,10,12-15,19H2,1-5H3,(H,35,42). The molecule has 2 saturated heterocycles. The van der Waals surface area contributed by atoms with Crippen molar-refractivity contribution >= 4 is 40.8 Å². The van der Waals surface area contributed by atoms with Crippen LogP contribution in [0, 0.1) is 0 Å². The summed E-state index contributed by atoms with van der Waals surface area (Å²) in [5.74, 6) is 2.78. The third-order valence-electron chi connectivity index (χ3n) is 7.98. The Labute approximate surface area is 267 Å². The predicted octanol–water partition coefficient (Wildman–Crippen LogP) is 4.89. The molecule has 3 aromatic heterocycles. The van der Waals surface area contributed by atoms with Crippen LogP contribution < -0.4 is 29.5 Å². The summed E-state index contributed by atoms with van der Waals surface area (Å²) in [6.45, 7) is 10.3. The molecular weight excluding hydrogens is 596 g/mol. The van der Waals surface area contributed by atoms with Crippen LogP contribution in [0.5, 0.6) is 11.5 Å². The number of amides is 1. The van der Waals surface area contributed by atoms with Gasteiger partial charge in [0.15, 0.2) is 0 Å². The fourth-order valence-corrected chi connectivity index (χ4v) is 5.99. The maximum Gasteiger partial charge on any atom is 0.407 e. The number of methoxy groups -OCH3 is 2. The molecule has 0 aliphatic carbocycles. The van der Waals surface area contributed by atoms with Gasteiger partial charge in [-0.1, -0.05) is 11.6 Å². The van der Waals surface area contributed by atoms with Gasteiger partial charge in [-0.3, -0.25) is 0 Å². The molecule has 1 amide bonds. The molecule has 1 atom stereocenters. The van der Waals surface area contributed by atoms with Gasteiger partial charge in [-0.05, 0) is 45.4 Å². The van der Waals surface area contributed by atoms with E-state index in [2.05, 4.69) is 37.1 Å². The van der Waals surface area contributed by atoms with Crippen LogP contribution in [0.4, 0.5) is 22.2 Å². The molecule has 0 spiro atoms. The lowest BCUT2D eigenvalue weighted by Crippen LogP contribution is -2.47. The minimum absolute atomic E-state index is 0.0151. The van der Waals surface area contributed by atoms with Gasteiger partial charge in [-0.25, -0.2) is 14.8 Å². The number of aromatic nitrogens is 4. The van der Waals surface area contributed by atoms with Crippen molar-refractivity contribution in [3.63, 3.8) is 0 Å². The van der Waals surface area contributed by atoms with E-state index in [1.165, 1.54) is 0 Å². The number of hydrogen-bond donors (Lipinski definition) is 1. The average Bonchev–Trinajstić information content (AvgIpc) is 3.67. The summed E-state index contributed by atoms with van der Waals surface area (Å²) in [6.07, 6.45) is 6.26. The zero-order chi connectivity index (χ0) is 31.7. The fraction of sp³-hybridized carbons (Fsp3) is 0.438. The lowest BCUT2D eigenvalue weighted by atomic mass is 10.1. The Morgan fingerprint density at radius 3 is 2.44 bits per heavy atom. The van der Waals surface area contributed by atoms with Gasteiger partial charge in [-0.15, -0.1) is 0 Å². The van der Waals surface area contributed by atoms with E-state index in [1.807, 2.05) is 55.9 Å². The number of carbonyl (C=O) groups is 1. The van der Waals surface area contributed by atoms with Crippen molar-refractivity contribution < 1.29 is 19.0 Å². The highest BCUT2D eigenvalue weighted by Crippen LogP contribution is 2.38. The van der Waals surface area contributed by atoms with Gasteiger partial charge in [0.25, 0.3) is 0 Å². The van der Waals surface area contributed by atoms with Crippen molar-refractivity contribution in [1.29, 1.82) is 0 Å². The molecule has 1 unspecified atom stereocenters. The number of hydrogen-bond acceptors (Lipinski definition) is 10. The van der Waals surface area contributed by atoms with Gasteiger partial charge < -0.3 is 38.6 Å². The number of halogens is 1. The van der Waals surface area contributed by atoms with Gasteiger partial charge in [0, 0.05) is 81.2 Å². The van der Waals surface area contributed by atoms with Crippen LogP contribution in [0.1, 0.15) is 27.2 Å². The van der Waals surface area contributed by atoms with Crippen molar-refractivity contribution in [3.8, 4) is 22.8 Å². The molecule has 238 valence electrons. The molecule has 2 aliphatic heterocycles. The SMILES string of the molecule is COc1cc(OC)c(-c2cn3ccc(N4CCN(c5nccc(N6CCC(NC(=O)OC(C)(C)C)C6)n5)CC4)cc3n2)cc1Cl. The van der Waals surface area contributed by atoms with E-state index < -0.39 is 5.60 Å². The first kappa shape index (κ1) is 30.6. The van der Waals surface area contributed by atoms with E-state index in [1.54, 1.807) is 20.3 Å². The highest BCUT2D eigenvalue weighted by Gasteiger charge is 2.28. The highest BCUT2D eigenvalue weighted by atomic mass is 35.5. The maximum atomic E-state index is 12.2. The van der Waals surface area contributed by atoms with Crippen LogP contribution in [-0.4, -0.2) is 90.6 Å². The number of benzene rings is 1. The second-order valence-electron chi connectivity index (χ2n) is 12.2. The number of fused-ring (bicyclic) bond motifs is 1. The van der Waals surface area contributed by atoms with Crippen molar-refractivity contribution in [3.05, 3.63) is 53.9 Å². The number of nitrogens with one attached hydrogen (secondary N) is 1. The van der Waals surface area contributed by atoms with E-state index in [-0.39, 0.29) is 12.1 Å². The Morgan fingerprint density at radius 1 is 0.956 bits per heavy atom. The predicted molar refractivity (Wildman–Crippen MR) is 175 cm³/mol. The van der Waals surface area contributed by atoms with Crippen LogP contribution in [0.3, 0.4) is 0 Å². The van der Waals surface area contributed by atoms with Crippen molar-refractivity contribution in [1.82, 2.24) is 24.7 Å². The summed E-state index contributed by atoms with van der Waals surface area (Å²) in [5.41, 5.74) is 2.98. The Kier molecular flexibility index (Phi) is 8.50. The van der Waals surface area contributed by atoms with E-state index in [4.69, 9.17) is 35.8 Å². The number of alkyl carbamates (subject to hydrolysis) is 1. The Bertz CT molecular complexity index is 1680. The van der Waals surface area contributed by atoms with Crippen molar-refractivity contribution in [2.24, 2.45) is 0 Å². The first-order valence-electron chi connectivity index (χ1n) is 15.1. The van der Waals surface area contributed by atoms with E-state index >= 15 is 0 Å². The molecule has 5 heterocycles. The summed E-state index contributed by atoms with van der Waals surface area (Å²) in [5, 5.41) is 3.48. The third kappa shape index (κ3) is 6.80. The highest BCUT2D eigenvalue weighted by molar-refractivity contribution is 6.32. The largest absolute Gasteiger partial charge is 0.496 e. The molecular formula is C32H39ClN8O4.